The minimum Gasteiger partial charge on any atom is -0.743 e. The maximum absolute atomic E-state index is 10.2. The van der Waals surface area contributed by atoms with E-state index in [1.807, 2.05) is 0 Å². The molecule has 5 nitrogen and oxygen atoms in total. The average Bonchev–Trinajstić information content (AvgIpc) is 1.86. The number of nitrogens with zero attached hydrogens (tertiary/aromatic N) is 2. The van der Waals surface area contributed by atoms with Gasteiger partial charge in [0.1, 0.15) is 15.3 Å². The quantitative estimate of drug-likeness (QED) is 0.370. The van der Waals surface area contributed by atoms with Crippen molar-refractivity contribution >= 4 is 21.7 Å². The van der Waals surface area contributed by atoms with Gasteiger partial charge < -0.3 is 4.55 Å². The van der Waals surface area contributed by atoms with E-state index in [0.29, 0.717) is 0 Å². The minimum atomic E-state index is -4.50. The van der Waals surface area contributed by atoms with Crippen LogP contribution in [0.5, 0.6) is 0 Å². The van der Waals surface area contributed by atoms with Crippen molar-refractivity contribution in [3.05, 3.63) is 17.5 Å². The molecule has 1 rings (SSSR count). The average molecular weight is 217 g/mol. The molecule has 0 spiro atoms. The van der Waals surface area contributed by atoms with Gasteiger partial charge in [-0.05, 0) is 0 Å². The van der Waals surface area contributed by atoms with Gasteiger partial charge in [0.05, 0.1) is 12.4 Å². The van der Waals surface area contributed by atoms with E-state index in [1.165, 1.54) is 0 Å². The van der Waals surface area contributed by atoms with Crippen molar-refractivity contribution in [2.24, 2.45) is 0 Å². The normalized spacial score (nSPS) is 10.5. The summed E-state index contributed by atoms with van der Waals surface area (Å²) in [5.41, 5.74) is 0. The van der Waals surface area contributed by atoms with Crippen LogP contribution >= 0.6 is 11.6 Å². The third-order valence-electron chi connectivity index (χ3n) is 0.853. The summed E-state index contributed by atoms with van der Waals surface area (Å²) in [7, 11) is -4.50. The molecule has 1 aromatic rings. The predicted octanol–water partition coefficient (Wildman–Crippen LogP) is -2.96. The molecule has 0 bridgehead atoms. The summed E-state index contributed by atoms with van der Waals surface area (Å²) >= 11 is 5.29. The molecule has 0 saturated carbocycles. The first kappa shape index (κ1) is 12.3. The maximum Gasteiger partial charge on any atom is 1.00 e. The minimum absolute atomic E-state index is 0. The Morgan fingerprint density at radius 2 is 1.92 bits per heavy atom. The van der Waals surface area contributed by atoms with E-state index in [4.69, 9.17) is 11.6 Å². The third kappa shape index (κ3) is 3.34. The molecule has 0 unspecified atom stereocenters. The van der Waals surface area contributed by atoms with Crippen molar-refractivity contribution in [1.82, 2.24) is 9.97 Å². The molecule has 0 atom stereocenters. The van der Waals surface area contributed by atoms with Crippen LogP contribution in [0.2, 0.25) is 5.15 Å². The Hall–Kier alpha value is 0.280. The van der Waals surface area contributed by atoms with Gasteiger partial charge in [0.2, 0.25) is 0 Å². The number of hydrogen-bond acceptors (Lipinski definition) is 5. The van der Waals surface area contributed by atoms with Crippen molar-refractivity contribution in [2.45, 2.75) is 5.03 Å². The Bertz CT molecular complexity index is 351. The first-order valence-electron chi connectivity index (χ1n) is 2.43. The van der Waals surface area contributed by atoms with E-state index < -0.39 is 15.1 Å². The predicted molar refractivity (Wildman–Crippen MR) is 35.0 cm³/mol. The van der Waals surface area contributed by atoms with Crippen LogP contribution in [0, 0.1) is 0 Å². The van der Waals surface area contributed by atoms with E-state index in [9.17, 15) is 13.0 Å². The molecule has 0 aromatic carbocycles. The zero-order chi connectivity index (χ0) is 8.48. The second kappa shape index (κ2) is 4.50. The Morgan fingerprint density at radius 3 is 2.25 bits per heavy atom. The monoisotopic (exact) mass is 216 g/mol. The number of aromatic nitrogens is 2. The van der Waals surface area contributed by atoms with Gasteiger partial charge in [-0.1, -0.05) is 11.6 Å². The molecule has 0 amide bonds. The largest absolute Gasteiger partial charge is 1.00 e. The third-order valence-corrected chi connectivity index (χ3v) is 1.77. The summed E-state index contributed by atoms with van der Waals surface area (Å²) in [6, 6.07) is 0. The van der Waals surface area contributed by atoms with Crippen LogP contribution < -0.4 is 29.6 Å². The fraction of sp³-hybridized carbons (Fsp3) is 0. The summed E-state index contributed by atoms with van der Waals surface area (Å²) in [5, 5.41) is -0.584. The van der Waals surface area contributed by atoms with Gasteiger partial charge in [0.25, 0.3) is 0 Å². The first-order valence-corrected chi connectivity index (χ1v) is 4.22. The molecular formula is C4H2ClN2NaO3S. The van der Waals surface area contributed by atoms with E-state index in [2.05, 4.69) is 9.97 Å². The second-order valence-electron chi connectivity index (χ2n) is 1.63. The number of halogens is 1. The van der Waals surface area contributed by atoms with Crippen LogP contribution in [0.1, 0.15) is 0 Å². The van der Waals surface area contributed by atoms with Crippen LogP contribution in [0.4, 0.5) is 0 Å². The maximum atomic E-state index is 10.2. The molecule has 0 aliphatic heterocycles. The smallest absolute Gasteiger partial charge is 0.743 e. The van der Waals surface area contributed by atoms with Gasteiger partial charge in [-0.3, -0.25) is 0 Å². The Labute approximate surface area is 96.2 Å². The van der Waals surface area contributed by atoms with Crippen molar-refractivity contribution in [3.8, 4) is 0 Å². The Kier molecular flexibility index (Phi) is 4.60. The molecule has 1 heterocycles. The van der Waals surface area contributed by atoms with Crippen LogP contribution in [-0.4, -0.2) is 22.9 Å². The van der Waals surface area contributed by atoms with Crippen LogP contribution in [-0.2, 0) is 10.1 Å². The molecule has 12 heavy (non-hydrogen) atoms. The molecule has 0 radical (unpaired) electrons. The summed E-state index contributed by atoms with van der Waals surface area (Å²) < 4.78 is 30.7. The van der Waals surface area contributed by atoms with Gasteiger partial charge in [-0.15, -0.1) is 0 Å². The van der Waals surface area contributed by atoms with Crippen molar-refractivity contribution in [2.75, 3.05) is 0 Å². The zero-order valence-corrected chi connectivity index (χ0v) is 9.63. The summed E-state index contributed by atoms with van der Waals surface area (Å²) in [6.07, 6.45) is 1.80. The van der Waals surface area contributed by atoms with Gasteiger partial charge in [-0.2, -0.15) is 0 Å². The van der Waals surface area contributed by atoms with E-state index >= 15 is 0 Å². The number of rotatable bonds is 1. The Balaban J connectivity index is 0.00000121. The van der Waals surface area contributed by atoms with Gasteiger partial charge in [0.15, 0.2) is 5.03 Å². The van der Waals surface area contributed by atoms with Gasteiger partial charge in [0, 0.05) is 0 Å². The van der Waals surface area contributed by atoms with Crippen molar-refractivity contribution in [1.29, 1.82) is 0 Å². The van der Waals surface area contributed by atoms with Crippen molar-refractivity contribution < 1.29 is 42.5 Å². The molecule has 0 aliphatic rings. The zero-order valence-electron chi connectivity index (χ0n) is 6.06. The van der Waals surface area contributed by atoms with Crippen LogP contribution in [0.3, 0.4) is 0 Å². The Morgan fingerprint density at radius 1 is 1.33 bits per heavy atom. The van der Waals surface area contributed by atoms with Gasteiger partial charge >= 0.3 is 29.6 Å². The van der Waals surface area contributed by atoms with Crippen molar-refractivity contribution in [3.63, 3.8) is 0 Å². The molecule has 0 saturated heterocycles. The van der Waals surface area contributed by atoms with E-state index in [-0.39, 0.29) is 34.7 Å². The molecule has 1 aromatic heterocycles. The first-order chi connectivity index (χ1) is 5.00. The molecule has 0 fully saturated rings. The SMILES string of the molecule is O=S(=O)([O-])c1cnc(Cl)cn1.[Na+]. The standard InChI is InChI=1S/C4H3ClN2O3S.Na/c5-3-1-7-4(2-6-3)11(8,9)10;/h1-2H,(H,8,9,10);/q;+1/p-1. The number of hydrogen-bond donors (Lipinski definition) is 0. The molecule has 0 N–H and O–H groups in total. The van der Waals surface area contributed by atoms with E-state index in [0.717, 1.165) is 12.4 Å². The fourth-order valence-electron chi connectivity index (χ4n) is 0.430. The summed E-state index contributed by atoms with van der Waals surface area (Å²) in [4.78, 5) is 6.62. The van der Waals surface area contributed by atoms with Gasteiger partial charge in [-0.25, -0.2) is 18.4 Å². The van der Waals surface area contributed by atoms with Crippen LogP contribution in [0.15, 0.2) is 17.4 Å². The molecule has 8 heteroatoms. The second-order valence-corrected chi connectivity index (χ2v) is 3.35. The topological polar surface area (TPSA) is 83.0 Å². The summed E-state index contributed by atoms with van der Waals surface area (Å²) in [5.74, 6) is 0. The molecular weight excluding hydrogens is 215 g/mol. The van der Waals surface area contributed by atoms with E-state index in [1.54, 1.807) is 0 Å². The molecule has 60 valence electrons. The fourth-order valence-corrected chi connectivity index (χ4v) is 0.891. The molecule has 0 aliphatic carbocycles. The van der Waals surface area contributed by atoms with Crippen LogP contribution in [0.25, 0.3) is 0 Å². The summed E-state index contributed by atoms with van der Waals surface area (Å²) in [6.45, 7) is 0.